The third-order valence-electron chi connectivity index (χ3n) is 6.39. The predicted molar refractivity (Wildman–Crippen MR) is 132 cm³/mol. The molecule has 3 N–H and O–H groups in total. The van der Waals surface area contributed by atoms with Crippen LogP contribution in [0.3, 0.4) is 0 Å². The van der Waals surface area contributed by atoms with E-state index in [2.05, 4.69) is 11.4 Å². The zero-order chi connectivity index (χ0) is 25.7. The number of anilines is 1. The second kappa shape index (κ2) is 11.1. The highest BCUT2D eigenvalue weighted by Crippen LogP contribution is 2.26. The molecule has 0 heterocycles. The third-order valence-corrected chi connectivity index (χ3v) is 6.39. The number of nitrogens with two attached hydrogens (primary N) is 1. The van der Waals surface area contributed by atoms with Crippen molar-refractivity contribution in [1.29, 1.82) is 5.26 Å². The number of hydrogen-bond donors (Lipinski definition) is 2. The van der Waals surface area contributed by atoms with Crippen LogP contribution in [0.1, 0.15) is 57.5 Å². The zero-order valence-corrected chi connectivity index (χ0v) is 19.6. The molecule has 2 atom stereocenters. The molecule has 184 valence electrons. The zero-order valence-electron chi connectivity index (χ0n) is 19.6. The number of benzene rings is 3. The highest BCUT2D eigenvalue weighted by molar-refractivity contribution is 6.04. The predicted octanol–water partition coefficient (Wildman–Crippen LogP) is 5.00. The molecule has 1 aliphatic rings. The molecule has 3 aromatic rings. The van der Waals surface area contributed by atoms with Gasteiger partial charge in [-0.1, -0.05) is 25.0 Å². The minimum Gasteiger partial charge on any atom is -0.330 e. The maximum atomic E-state index is 13.5. The number of nitrogens with one attached hydrogen (secondary N) is 1. The van der Waals surface area contributed by atoms with Gasteiger partial charge in [0.15, 0.2) is 0 Å². The first-order valence-corrected chi connectivity index (χ1v) is 11.8. The van der Waals surface area contributed by atoms with E-state index in [-0.39, 0.29) is 23.6 Å². The Morgan fingerprint density at radius 2 is 1.58 bits per heavy atom. The van der Waals surface area contributed by atoms with Crippen LogP contribution in [0.25, 0.3) is 0 Å². The highest BCUT2D eigenvalue weighted by Gasteiger charge is 2.31. The van der Waals surface area contributed by atoms with Gasteiger partial charge in [0, 0.05) is 41.5 Å². The van der Waals surface area contributed by atoms with Crippen molar-refractivity contribution in [1.82, 2.24) is 4.90 Å². The monoisotopic (exact) mass is 488 g/mol. The fourth-order valence-electron chi connectivity index (χ4n) is 4.50. The van der Waals surface area contributed by atoms with Crippen LogP contribution >= 0.6 is 0 Å². The molecule has 0 bridgehead atoms. The average Bonchev–Trinajstić information content (AvgIpc) is 2.88. The van der Waals surface area contributed by atoms with E-state index >= 15 is 0 Å². The molecule has 0 saturated heterocycles. The van der Waals surface area contributed by atoms with Gasteiger partial charge in [0.2, 0.25) is 0 Å². The topological polar surface area (TPSA) is 99.2 Å². The van der Waals surface area contributed by atoms with Gasteiger partial charge in [-0.15, -0.1) is 0 Å². The van der Waals surface area contributed by atoms with Crippen molar-refractivity contribution in [2.45, 2.75) is 44.3 Å². The maximum Gasteiger partial charge on any atom is 0.255 e. The first-order chi connectivity index (χ1) is 17.3. The molecule has 2 unspecified atom stereocenters. The van der Waals surface area contributed by atoms with Gasteiger partial charge in [0.1, 0.15) is 11.6 Å². The van der Waals surface area contributed by atoms with E-state index in [9.17, 15) is 18.4 Å². The van der Waals surface area contributed by atoms with Crippen LogP contribution in [0.5, 0.6) is 0 Å². The number of hydrogen-bond acceptors (Lipinski definition) is 4. The van der Waals surface area contributed by atoms with Gasteiger partial charge in [0.25, 0.3) is 11.8 Å². The summed E-state index contributed by atoms with van der Waals surface area (Å²) in [7, 11) is 0. The number of carbonyl (C=O) groups is 2. The van der Waals surface area contributed by atoms with Gasteiger partial charge in [-0.2, -0.15) is 5.26 Å². The van der Waals surface area contributed by atoms with Crippen LogP contribution < -0.4 is 11.1 Å². The molecule has 1 saturated carbocycles. The molecule has 6 nitrogen and oxygen atoms in total. The van der Waals surface area contributed by atoms with Gasteiger partial charge in [0.05, 0.1) is 11.6 Å². The molecule has 3 aromatic carbocycles. The average molecular weight is 489 g/mol. The number of nitrogens with zero attached hydrogens (tertiary/aromatic N) is 2. The Bertz CT molecular complexity index is 1270. The summed E-state index contributed by atoms with van der Waals surface area (Å²) in [5.41, 5.74) is 8.54. The Morgan fingerprint density at radius 1 is 0.944 bits per heavy atom. The van der Waals surface area contributed by atoms with Gasteiger partial charge in [-0.05, 0) is 66.9 Å². The summed E-state index contributed by atoms with van der Waals surface area (Å²) < 4.78 is 26.9. The Morgan fingerprint density at radius 3 is 2.19 bits per heavy atom. The molecular formula is C28H26F2N4O2. The van der Waals surface area contributed by atoms with Crippen LogP contribution in [0.4, 0.5) is 14.5 Å². The minimum absolute atomic E-state index is 0.121. The fraction of sp³-hybridized carbons (Fsp3) is 0.250. The lowest BCUT2D eigenvalue weighted by molar-refractivity contribution is 0.0583. The molecule has 2 amide bonds. The lowest BCUT2D eigenvalue weighted by atomic mass is 9.89. The Hall–Kier alpha value is -4.09. The summed E-state index contributed by atoms with van der Waals surface area (Å²) in [6, 6.07) is 17.9. The summed E-state index contributed by atoms with van der Waals surface area (Å²) >= 11 is 0. The van der Waals surface area contributed by atoms with Crippen molar-refractivity contribution >= 4 is 17.5 Å². The molecule has 1 fully saturated rings. The third kappa shape index (κ3) is 5.93. The quantitative estimate of drug-likeness (QED) is 0.510. The Kier molecular flexibility index (Phi) is 7.71. The largest absolute Gasteiger partial charge is 0.330 e. The second-order valence-corrected chi connectivity index (χ2v) is 8.95. The molecule has 8 heteroatoms. The number of carbonyl (C=O) groups excluding carboxylic acids is 2. The molecule has 0 spiro atoms. The SMILES string of the molecule is N#Cc1ccc(C(=O)N(Cc2ccc(NC(=O)c3cc(F)cc(F)c3)cc2)C2CCCCC2N)cc1. The summed E-state index contributed by atoms with van der Waals surface area (Å²) in [6.07, 6.45) is 3.66. The summed E-state index contributed by atoms with van der Waals surface area (Å²) in [4.78, 5) is 27.7. The standard InChI is InChI=1S/C28H26F2N4O2/c29-22-13-21(14-23(30)15-22)27(35)33-24-11-7-19(8-12-24)17-34(26-4-2-1-3-25(26)32)28(36)20-9-5-18(16-31)6-10-20/h5-15,25-26H,1-4,17,32H2,(H,33,35). The number of amides is 2. The summed E-state index contributed by atoms with van der Waals surface area (Å²) in [5.74, 6) is -2.45. The van der Waals surface area contributed by atoms with Crippen molar-refractivity contribution in [2.75, 3.05) is 5.32 Å². The minimum atomic E-state index is -0.830. The molecular weight excluding hydrogens is 462 g/mol. The smallest absolute Gasteiger partial charge is 0.255 e. The van der Waals surface area contributed by atoms with Crippen molar-refractivity contribution in [3.63, 3.8) is 0 Å². The molecule has 4 rings (SSSR count). The highest BCUT2D eigenvalue weighted by atomic mass is 19.1. The lowest BCUT2D eigenvalue weighted by Crippen LogP contribution is -2.51. The van der Waals surface area contributed by atoms with E-state index in [0.717, 1.165) is 43.4 Å². The molecule has 36 heavy (non-hydrogen) atoms. The van der Waals surface area contributed by atoms with Gasteiger partial charge in [-0.25, -0.2) is 8.78 Å². The van der Waals surface area contributed by atoms with E-state index in [4.69, 9.17) is 11.0 Å². The van der Waals surface area contributed by atoms with E-state index in [0.29, 0.717) is 29.4 Å². The van der Waals surface area contributed by atoms with Crippen molar-refractivity contribution < 1.29 is 18.4 Å². The van der Waals surface area contributed by atoms with Gasteiger partial charge in [-0.3, -0.25) is 9.59 Å². The van der Waals surface area contributed by atoms with Crippen molar-refractivity contribution in [2.24, 2.45) is 5.73 Å². The first-order valence-electron chi connectivity index (χ1n) is 11.8. The van der Waals surface area contributed by atoms with Crippen LogP contribution in [-0.2, 0) is 6.54 Å². The molecule has 0 aromatic heterocycles. The lowest BCUT2D eigenvalue weighted by Gasteiger charge is -2.38. The maximum absolute atomic E-state index is 13.5. The molecule has 1 aliphatic carbocycles. The van der Waals surface area contributed by atoms with Crippen LogP contribution in [-0.4, -0.2) is 28.8 Å². The molecule has 0 aliphatic heterocycles. The summed E-state index contributed by atoms with van der Waals surface area (Å²) in [6.45, 7) is 0.320. The van der Waals surface area contributed by atoms with Crippen LogP contribution in [0, 0.1) is 23.0 Å². The van der Waals surface area contributed by atoms with Crippen molar-refractivity contribution in [3.8, 4) is 6.07 Å². The fourth-order valence-corrected chi connectivity index (χ4v) is 4.50. The van der Waals surface area contributed by atoms with E-state index in [1.165, 1.54) is 0 Å². The summed E-state index contributed by atoms with van der Waals surface area (Å²) in [5, 5.41) is 11.7. The van der Waals surface area contributed by atoms with Crippen LogP contribution in [0.15, 0.2) is 66.7 Å². The Labute approximate surface area is 208 Å². The van der Waals surface area contributed by atoms with Gasteiger partial charge < -0.3 is 16.0 Å². The second-order valence-electron chi connectivity index (χ2n) is 8.95. The van der Waals surface area contributed by atoms with E-state index in [1.807, 2.05) is 0 Å². The Balaban J connectivity index is 1.52. The normalized spacial score (nSPS) is 17.2. The number of nitriles is 1. The number of halogens is 2. The van der Waals surface area contributed by atoms with E-state index in [1.54, 1.807) is 53.4 Å². The number of rotatable bonds is 6. The van der Waals surface area contributed by atoms with E-state index < -0.39 is 17.5 Å². The molecule has 0 radical (unpaired) electrons. The van der Waals surface area contributed by atoms with Gasteiger partial charge >= 0.3 is 0 Å². The van der Waals surface area contributed by atoms with Crippen molar-refractivity contribution in [3.05, 3.63) is 101 Å². The first kappa shape index (κ1) is 25.0. The van der Waals surface area contributed by atoms with Crippen LogP contribution in [0.2, 0.25) is 0 Å².